The van der Waals surface area contributed by atoms with Crippen LogP contribution in [0.3, 0.4) is 0 Å². The Hall–Kier alpha value is -1.39. The lowest BCUT2D eigenvalue weighted by atomic mass is 10.1. The second kappa shape index (κ2) is 5.72. The summed E-state index contributed by atoms with van der Waals surface area (Å²) in [4.78, 5) is 12.0. The van der Waals surface area contributed by atoms with Gasteiger partial charge in [-0.25, -0.2) is 0 Å². The fraction of sp³-hybridized carbons (Fsp3) is 0.533. The average Bonchev–Trinajstić information content (AvgIpc) is 3.08. The van der Waals surface area contributed by atoms with Gasteiger partial charge in [-0.15, -0.1) is 0 Å². The van der Waals surface area contributed by atoms with Gasteiger partial charge in [0.1, 0.15) is 0 Å². The van der Waals surface area contributed by atoms with E-state index >= 15 is 0 Å². The maximum atomic E-state index is 12.0. The molecule has 4 heteroatoms. The first-order valence-corrected chi connectivity index (χ1v) is 7.02. The van der Waals surface area contributed by atoms with Gasteiger partial charge in [0.2, 0.25) is 5.91 Å². The zero-order valence-corrected chi connectivity index (χ0v) is 11.0. The summed E-state index contributed by atoms with van der Waals surface area (Å²) < 4.78 is 5.24. The van der Waals surface area contributed by atoms with Crippen LogP contribution in [0, 0.1) is 5.92 Å². The van der Waals surface area contributed by atoms with Gasteiger partial charge >= 0.3 is 0 Å². The fourth-order valence-corrected chi connectivity index (χ4v) is 2.29. The third-order valence-corrected chi connectivity index (χ3v) is 3.67. The number of hydrogen-bond acceptors (Lipinski definition) is 3. The van der Waals surface area contributed by atoms with E-state index < -0.39 is 0 Å². The summed E-state index contributed by atoms with van der Waals surface area (Å²) in [7, 11) is 0. The minimum absolute atomic E-state index is 0.00763. The Morgan fingerprint density at radius 2 is 2.21 bits per heavy atom. The molecule has 1 amide bonds. The highest BCUT2D eigenvalue weighted by Gasteiger charge is 2.23. The molecule has 0 radical (unpaired) electrons. The van der Waals surface area contributed by atoms with Crippen molar-refractivity contribution in [3.05, 3.63) is 29.8 Å². The molecule has 2 N–H and O–H groups in total. The van der Waals surface area contributed by atoms with Crippen LogP contribution in [0.4, 0.5) is 5.69 Å². The molecule has 3 rings (SSSR count). The number of rotatable bonds is 5. The van der Waals surface area contributed by atoms with Crippen molar-refractivity contribution in [1.82, 2.24) is 5.32 Å². The van der Waals surface area contributed by atoms with Gasteiger partial charge in [-0.2, -0.15) is 0 Å². The lowest BCUT2D eigenvalue weighted by Gasteiger charge is -2.11. The Balaban J connectivity index is 1.56. The third kappa shape index (κ3) is 3.55. The molecule has 102 valence electrons. The number of benzene rings is 1. The van der Waals surface area contributed by atoms with Gasteiger partial charge in [0, 0.05) is 24.9 Å². The van der Waals surface area contributed by atoms with Gasteiger partial charge in [-0.1, -0.05) is 12.1 Å². The standard InChI is InChI=1S/C15H20N2O2/c18-15(12-6-7-19-10-12)17-14-3-1-2-11(8-14)9-16-13-4-5-13/h1-3,8,12-13,16H,4-7,9-10H2,(H,17,18). The molecule has 0 spiro atoms. The summed E-state index contributed by atoms with van der Waals surface area (Å²) in [6, 6.07) is 8.76. The number of amides is 1. The Morgan fingerprint density at radius 3 is 2.95 bits per heavy atom. The summed E-state index contributed by atoms with van der Waals surface area (Å²) in [5.74, 6) is 0.0815. The predicted molar refractivity (Wildman–Crippen MR) is 73.9 cm³/mol. The van der Waals surface area contributed by atoms with Crippen LogP contribution in [0.25, 0.3) is 0 Å². The molecule has 0 aromatic heterocycles. The van der Waals surface area contributed by atoms with E-state index in [1.54, 1.807) is 0 Å². The molecule has 4 nitrogen and oxygen atoms in total. The Bertz CT molecular complexity index is 451. The number of hydrogen-bond donors (Lipinski definition) is 2. The molecule has 1 aromatic rings. The molecule has 0 bridgehead atoms. The quantitative estimate of drug-likeness (QED) is 0.850. The van der Waals surface area contributed by atoms with Crippen molar-refractivity contribution >= 4 is 11.6 Å². The zero-order valence-electron chi connectivity index (χ0n) is 11.0. The third-order valence-electron chi connectivity index (χ3n) is 3.67. The summed E-state index contributed by atoms with van der Waals surface area (Å²) in [5.41, 5.74) is 2.10. The minimum Gasteiger partial charge on any atom is -0.381 e. The van der Waals surface area contributed by atoms with Crippen molar-refractivity contribution in [2.45, 2.75) is 31.8 Å². The molecule has 2 fully saturated rings. The molecule has 2 aliphatic rings. The number of anilines is 1. The summed E-state index contributed by atoms with van der Waals surface area (Å²) in [5, 5.41) is 6.46. The molecule has 1 aromatic carbocycles. The van der Waals surface area contributed by atoms with Crippen LogP contribution >= 0.6 is 0 Å². The normalized spacial score (nSPS) is 22.4. The molecule has 1 saturated carbocycles. The van der Waals surface area contributed by atoms with Crippen LogP contribution in [0.15, 0.2) is 24.3 Å². The first-order chi connectivity index (χ1) is 9.31. The van der Waals surface area contributed by atoms with Gasteiger partial charge in [0.15, 0.2) is 0 Å². The number of nitrogens with one attached hydrogen (secondary N) is 2. The molecular formula is C15H20N2O2. The largest absolute Gasteiger partial charge is 0.381 e. The van der Waals surface area contributed by atoms with Gasteiger partial charge in [0.05, 0.1) is 12.5 Å². The van der Waals surface area contributed by atoms with Crippen LogP contribution in [0.1, 0.15) is 24.8 Å². The van der Waals surface area contributed by atoms with Crippen molar-refractivity contribution in [2.75, 3.05) is 18.5 Å². The monoisotopic (exact) mass is 260 g/mol. The first-order valence-electron chi connectivity index (χ1n) is 7.02. The number of ether oxygens (including phenoxy) is 1. The van der Waals surface area contributed by atoms with E-state index in [2.05, 4.69) is 16.7 Å². The van der Waals surface area contributed by atoms with E-state index in [9.17, 15) is 4.79 Å². The molecule has 19 heavy (non-hydrogen) atoms. The smallest absolute Gasteiger partial charge is 0.229 e. The number of carbonyl (C=O) groups is 1. The molecule has 1 unspecified atom stereocenters. The van der Waals surface area contributed by atoms with E-state index in [-0.39, 0.29) is 11.8 Å². The van der Waals surface area contributed by atoms with E-state index in [1.807, 2.05) is 18.2 Å². The lowest BCUT2D eigenvalue weighted by molar-refractivity contribution is -0.119. The highest BCUT2D eigenvalue weighted by atomic mass is 16.5. The maximum Gasteiger partial charge on any atom is 0.229 e. The summed E-state index contributed by atoms with van der Waals surface area (Å²) in [6.45, 7) is 2.12. The second-order valence-electron chi connectivity index (χ2n) is 5.41. The number of carbonyl (C=O) groups excluding carboxylic acids is 1. The van der Waals surface area contributed by atoms with E-state index in [0.717, 1.165) is 18.7 Å². The Labute approximate surface area is 113 Å². The maximum absolute atomic E-state index is 12.0. The van der Waals surface area contributed by atoms with Crippen molar-refractivity contribution in [3.8, 4) is 0 Å². The van der Waals surface area contributed by atoms with Crippen molar-refractivity contribution in [1.29, 1.82) is 0 Å². The molecule has 1 aliphatic heterocycles. The highest BCUT2D eigenvalue weighted by molar-refractivity contribution is 5.92. The van der Waals surface area contributed by atoms with E-state index in [1.165, 1.54) is 18.4 Å². The van der Waals surface area contributed by atoms with Crippen LogP contribution in [-0.2, 0) is 16.1 Å². The molecular weight excluding hydrogens is 240 g/mol. The first kappa shape index (κ1) is 12.6. The highest BCUT2D eigenvalue weighted by Crippen LogP contribution is 2.20. The predicted octanol–water partition coefficient (Wildman–Crippen LogP) is 1.91. The molecule has 1 saturated heterocycles. The van der Waals surface area contributed by atoms with Crippen molar-refractivity contribution in [3.63, 3.8) is 0 Å². The summed E-state index contributed by atoms with van der Waals surface area (Å²) in [6.07, 6.45) is 3.41. The van der Waals surface area contributed by atoms with E-state index in [4.69, 9.17) is 4.74 Å². The Kier molecular flexibility index (Phi) is 3.80. The molecule has 1 aliphatic carbocycles. The second-order valence-corrected chi connectivity index (χ2v) is 5.41. The molecule has 1 heterocycles. The SMILES string of the molecule is O=C(Nc1cccc(CNC2CC2)c1)C1CCOC1. The van der Waals surface area contributed by atoms with E-state index in [0.29, 0.717) is 19.3 Å². The van der Waals surface area contributed by atoms with Crippen molar-refractivity contribution < 1.29 is 9.53 Å². The fourth-order valence-electron chi connectivity index (χ4n) is 2.29. The van der Waals surface area contributed by atoms with Gasteiger partial charge in [0.25, 0.3) is 0 Å². The van der Waals surface area contributed by atoms with Crippen LogP contribution in [-0.4, -0.2) is 25.2 Å². The average molecular weight is 260 g/mol. The van der Waals surface area contributed by atoms with Gasteiger partial charge in [-0.3, -0.25) is 4.79 Å². The summed E-state index contributed by atoms with van der Waals surface area (Å²) >= 11 is 0. The topological polar surface area (TPSA) is 50.4 Å². The molecule has 1 atom stereocenters. The lowest BCUT2D eigenvalue weighted by Crippen LogP contribution is -2.23. The zero-order chi connectivity index (χ0) is 13.1. The van der Waals surface area contributed by atoms with Gasteiger partial charge < -0.3 is 15.4 Å². The van der Waals surface area contributed by atoms with Gasteiger partial charge in [-0.05, 0) is 37.0 Å². The van der Waals surface area contributed by atoms with Crippen molar-refractivity contribution in [2.24, 2.45) is 5.92 Å². The minimum atomic E-state index is 0.00763. The Morgan fingerprint density at radius 1 is 1.32 bits per heavy atom. The van der Waals surface area contributed by atoms with Crippen LogP contribution in [0.2, 0.25) is 0 Å². The van der Waals surface area contributed by atoms with Crippen LogP contribution < -0.4 is 10.6 Å². The van der Waals surface area contributed by atoms with Crippen LogP contribution in [0.5, 0.6) is 0 Å².